The molecule has 0 unspecified atom stereocenters. The van der Waals surface area contributed by atoms with Crippen LogP contribution >= 0.6 is 0 Å². The Kier molecular flexibility index (Phi) is 9.57. The summed E-state index contributed by atoms with van der Waals surface area (Å²) in [5.41, 5.74) is 2.64. The van der Waals surface area contributed by atoms with Gasteiger partial charge in [0.2, 0.25) is 0 Å². The van der Waals surface area contributed by atoms with Gasteiger partial charge in [-0.05, 0) is 61.7 Å². The molecule has 236 valence electrons. The van der Waals surface area contributed by atoms with Crippen molar-refractivity contribution < 1.29 is 32.3 Å². The number of carbonyl (C=O) groups excluding carboxylic acids is 3. The number of carbonyl (C=O) groups is 3. The van der Waals surface area contributed by atoms with Crippen LogP contribution in [0, 0.1) is 18.8 Å². The number of anilines is 1. The van der Waals surface area contributed by atoms with Crippen LogP contribution in [0.1, 0.15) is 31.4 Å². The maximum absolute atomic E-state index is 13.7. The fourth-order valence-electron chi connectivity index (χ4n) is 5.65. The fourth-order valence-corrected chi connectivity index (χ4v) is 7.00. The van der Waals surface area contributed by atoms with E-state index in [0.29, 0.717) is 29.6 Å². The number of fused-ring (bicyclic) bond motifs is 1. The molecule has 1 aromatic heterocycles. The standard InChI is InChI=1S/C34H37N3O7S/c1-4-26-20-35(33(39)44-23-25-9-7-6-8-10-25)21-30(26)32(38)22-36(34(40)43-5-2)28-13-16-31-27(19-28)17-18-37(31)45(41,42)29-14-11-24(3)12-15-29/h6-19,26,30H,4-5,20-23H2,1-3H3/t26-,30+/m1/s1. The van der Waals surface area contributed by atoms with Gasteiger partial charge in [-0.2, -0.15) is 0 Å². The summed E-state index contributed by atoms with van der Waals surface area (Å²) < 4.78 is 38.7. The summed E-state index contributed by atoms with van der Waals surface area (Å²) in [5.74, 6) is -0.775. The number of hydrogen-bond acceptors (Lipinski definition) is 7. The van der Waals surface area contributed by atoms with Crippen LogP contribution in [0.5, 0.6) is 0 Å². The number of rotatable bonds is 10. The molecule has 0 spiro atoms. The van der Waals surface area contributed by atoms with Crippen LogP contribution in [0.4, 0.5) is 15.3 Å². The van der Waals surface area contributed by atoms with Crippen molar-refractivity contribution >= 4 is 44.6 Å². The summed E-state index contributed by atoms with van der Waals surface area (Å²) in [6.45, 7) is 6.10. The molecule has 2 amide bonds. The number of amides is 2. The van der Waals surface area contributed by atoms with Crippen molar-refractivity contribution in [2.75, 3.05) is 31.1 Å². The monoisotopic (exact) mass is 631 g/mol. The molecule has 10 nitrogen and oxygen atoms in total. The molecule has 5 rings (SSSR count). The number of ketones is 1. The van der Waals surface area contributed by atoms with Gasteiger partial charge >= 0.3 is 12.2 Å². The molecule has 0 saturated carbocycles. The Morgan fingerprint density at radius 1 is 0.911 bits per heavy atom. The summed E-state index contributed by atoms with van der Waals surface area (Å²) >= 11 is 0. The van der Waals surface area contributed by atoms with E-state index in [2.05, 4.69) is 0 Å². The molecule has 1 aliphatic heterocycles. The van der Waals surface area contributed by atoms with Crippen LogP contribution in [0.3, 0.4) is 0 Å². The van der Waals surface area contributed by atoms with Crippen LogP contribution in [-0.2, 0) is 30.9 Å². The lowest BCUT2D eigenvalue weighted by Gasteiger charge is -2.24. The molecule has 45 heavy (non-hydrogen) atoms. The van der Waals surface area contributed by atoms with Gasteiger partial charge in [0.25, 0.3) is 10.0 Å². The SMILES string of the molecule is CCOC(=O)N(CC(=O)[C@H]1CN(C(=O)OCc2ccccc2)C[C@H]1CC)c1ccc2c(ccn2S(=O)(=O)c2ccc(C)cc2)c1. The number of likely N-dealkylation sites (tertiary alicyclic amines) is 1. The third kappa shape index (κ3) is 6.88. The summed E-state index contributed by atoms with van der Waals surface area (Å²) in [7, 11) is -3.85. The molecular weight excluding hydrogens is 594 g/mol. The van der Waals surface area contributed by atoms with Crippen LogP contribution in [-0.4, -0.2) is 61.5 Å². The number of Topliss-reactive ketones (excluding diaryl/α,β-unsaturated/α-hetero) is 1. The molecule has 0 radical (unpaired) electrons. The molecule has 0 N–H and O–H groups in total. The van der Waals surface area contributed by atoms with Crippen LogP contribution < -0.4 is 4.90 Å². The Balaban J connectivity index is 1.34. The van der Waals surface area contributed by atoms with E-state index < -0.39 is 28.1 Å². The fraction of sp³-hybridized carbons (Fsp3) is 0.324. The maximum atomic E-state index is 13.7. The predicted molar refractivity (Wildman–Crippen MR) is 171 cm³/mol. The Labute approximate surface area is 263 Å². The van der Waals surface area contributed by atoms with Crippen molar-refractivity contribution in [1.29, 1.82) is 0 Å². The van der Waals surface area contributed by atoms with Crippen LogP contribution in [0.25, 0.3) is 10.9 Å². The first kappa shape index (κ1) is 31.8. The molecule has 2 atom stereocenters. The van der Waals surface area contributed by atoms with Crippen molar-refractivity contribution in [3.05, 3.63) is 96.2 Å². The summed E-state index contributed by atoms with van der Waals surface area (Å²) in [5, 5.41) is 0.574. The Bertz CT molecular complexity index is 1790. The Morgan fingerprint density at radius 2 is 1.64 bits per heavy atom. The zero-order valence-electron chi connectivity index (χ0n) is 25.6. The molecular formula is C34H37N3O7S. The minimum absolute atomic E-state index is 0.0886. The smallest absolute Gasteiger partial charge is 0.414 e. The van der Waals surface area contributed by atoms with E-state index in [9.17, 15) is 22.8 Å². The first-order valence-electron chi connectivity index (χ1n) is 15.0. The minimum Gasteiger partial charge on any atom is -0.449 e. The van der Waals surface area contributed by atoms with Gasteiger partial charge in [0.05, 0.1) is 23.6 Å². The van der Waals surface area contributed by atoms with Gasteiger partial charge in [0.15, 0.2) is 5.78 Å². The number of benzene rings is 3. The minimum atomic E-state index is -3.85. The molecule has 1 aliphatic rings. The highest BCUT2D eigenvalue weighted by Crippen LogP contribution is 2.31. The van der Waals surface area contributed by atoms with Gasteiger partial charge < -0.3 is 14.4 Å². The number of hydrogen-bond donors (Lipinski definition) is 0. The Hall–Kier alpha value is -4.64. The second kappa shape index (κ2) is 13.6. The number of aryl methyl sites for hydroxylation is 1. The lowest BCUT2D eigenvalue weighted by Crippen LogP contribution is -2.40. The second-order valence-electron chi connectivity index (χ2n) is 11.1. The topological polar surface area (TPSA) is 115 Å². The van der Waals surface area contributed by atoms with E-state index in [0.717, 1.165) is 11.1 Å². The van der Waals surface area contributed by atoms with E-state index >= 15 is 0 Å². The maximum Gasteiger partial charge on any atom is 0.414 e. The molecule has 0 aliphatic carbocycles. The lowest BCUT2D eigenvalue weighted by molar-refractivity contribution is -0.122. The Morgan fingerprint density at radius 3 is 2.33 bits per heavy atom. The van der Waals surface area contributed by atoms with Gasteiger partial charge in [0, 0.05) is 36.3 Å². The van der Waals surface area contributed by atoms with Crippen molar-refractivity contribution in [2.45, 2.75) is 38.7 Å². The van der Waals surface area contributed by atoms with E-state index in [1.54, 1.807) is 60.4 Å². The highest BCUT2D eigenvalue weighted by atomic mass is 32.2. The molecule has 2 heterocycles. The van der Waals surface area contributed by atoms with E-state index in [-0.39, 0.29) is 42.9 Å². The largest absolute Gasteiger partial charge is 0.449 e. The average molecular weight is 632 g/mol. The number of nitrogens with zero attached hydrogens (tertiary/aromatic N) is 3. The summed E-state index contributed by atoms with van der Waals surface area (Å²) in [6, 6.07) is 22.5. The van der Waals surface area contributed by atoms with Gasteiger partial charge in [-0.1, -0.05) is 61.4 Å². The first-order valence-corrected chi connectivity index (χ1v) is 16.4. The highest BCUT2D eigenvalue weighted by Gasteiger charge is 2.40. The highest BCUT2D eigenvalue weighted by molar-refractivity contribution is 7.90. The summed E-state index contributed by atoms with van der Waals surface area (Å²) in [6.07, 6.45) is 0.972. The molecule has 11 heteroatoms. The molecule has 4 aromatic rings. The third-order valence-electron chi connectivity index (χ3n) is 8.17. The van der Waals surface area contributed by atoms with Gasteiger partial charge in [0.1, 0.15) is 6.61 Å². The van der Waals surface area contributed by atoms with Crippen molar-refractivity contribution in [3.8, 4) is 0 Å². The van der Waals surface area contributed by atoms with E-state index in [4.69, 9.17) is 9.47 Å². The zero-order valence-corrected chi connectivity index (χ0v) is 26.4. The zero-order chi connectivity index (χ0) is 32.1. The van der Waals surface area contributed by atoms with Crippen molar-refractivity contribution in [2.24, 2.45) is 11.8 Å². The van der Waals surface area contributed by atoms with E-state index in [1.165, 1.54) is 15.1 Å². The third-order valence-corrected chi connectivity index (χ3v) is 9.88. The average Bonchev–Trinajstić information content (AvgIpc) is 3.68. The van der Waals surface area contributed by atoms with Crippen LogP contribution in [0.15, 0.2) is 90.0 Å². The van der Waals surface area contributed by atoms with Crippen molar-refractivity contribution in [1.82, 2.24) is 8.87 Å². The number of aromatic nitrogens is 1. The molecule has 0 bridgehead atoms. The van der Waals surface area contributed by atoms with Crippen LogP contribution in [0.2, 0.25) is 0 Å². The van der Waals surface area contributed by atoms with Gasteiger partial charge in [-0.15, -0.1) is 0 Å². The van der Waals surface area contributed by atoms with Crippen molar-refractivity contribution in [3.63, 3.8) is 0 Å². The molecule has 1 fully saturated rings. The lowest BCUT2D eigenvalue weighted by atomic mass is 9.89. The normalized spacial score (nSPS) is 16.5. The van der Waals surface area contributed by atoms with Gasteiger partial charge in [-0.3, -0.25) is 9.69 Å². The van der Waals surface area contributed by atoms with Gasteiger partial charge in [-0.25, -0.2) is 22.0 Å². The first-order chi connectivity index (χ1) is 21.6. The van der Waals surface area contributed by atoms with E-state index in [1.807, 2.05) is 44.2 Å². The predicted octanol–water partition coefficient (Wildman–Crippen LogP) is 6.01. The quantitative estimate of drug-likeness (QED) is 0.210. The summed E-state index contributed by atoms with van der Waals surface area (Å²) in [4.78, 5) is 42.7. The molecule has 1 saturated heterocycles. The molecule has 3 aromatic carbocycles. The second-order valence-corrected chi connectivity index (χ2v) is 13.0. The number of ether oxygens (including phenoxy) is 2.